The van der Waals surface area contributed by atoms with Crippen LogP contribution in [0.5, 0.6) is 5.75 Å². The summed E-state index contributed by atoms with van der Waals surface area (Å²) in [5, 5.41) is 0.955. The van der Waals surface area contributed by atoms with E-state index in [4.69, 9.17) is 4.74 Å². The molecule has 26 heavy (non-hydrogen) atoms. The van der Waals surface area contributed by atoms with Crippen molar-refractivity contribution < 1.29 is 9.53 Å². The zero-order valence-corrected chi connectivity index (χ0v) is 15.8. The molecule has 132 valence electrons. The molecule has 0 N–H and O–H groups in total. The van der Waals surface area contributed by atoms with E-state index in [1.54, 1.807) is 30.9 Å². The molecule has 1 amide bonds. The summed E-state index contributed by atoms with van der Waals surface area (Å²) in [6, 6.07) is 20.9. The van der Waals surface area contributed by atoms with Gasteiger partial charge in [0.15, 0.2) is 0 Å². The minimum absolute atomic E-state index is 0.424. The Hall–Kier alpha value is -2.79. The summed E-state index contributed by atoms with van der Waals surface area (Å²) in [6.07, 6.45) is -0.424. The fourth-order valence-electron chi connectivity index (χ4n) is 2.48. The highest BCUT2D eigenvalue weighted by Gasteiger charge is 2.13. The molecule has 5 heteroatoms. The third kappa shape index (κ3) is 4.64. The van der Waals surface area contributed by atoms with Crippen LogP contribution in [0.1, 0.15) is 11.3 Å². The van der Waals surface area contributed by atoms with Crippen LogP contribution in [-0.4, -0.2) is 18.1 Å². The summed E-state index contributed by atoms with van der Waals surface area (Å²) >= 11 is 1.58. The van der Waals surface area contributed by atoms with Crippen LogP contribution in [0.2, 0.25) is 0 Å². The van der Waals surface area contributed by atoms with Crippen LogP contribution in [0.15, 0.2) is 76.7 Å². The van der Waals surface area contributed by atoms with Crippen LogP contribution in [0.4, 0.5) is 10.5 Å². The van der Waals surface area contributed by atoms with Gasteiger partial charge in [-0.1, -0.05) is 30.0 Å². The first-order valence-electron chi connectivity index (χ1n) is 8.25. The number of carbonyl (C=O) groups is 1. The van der Waals surface area contributed by atoms with Crippen molar-refractivity contribution in [1.82, 2.24) is 4.98 Å². The Balaban J connectivity index is 1.65. The van der Waals surface area contributed by atoms with Gasteiger partial charge in [-0.15, -0.1) is 0 Å². The normalized spacial score (nSPS) is 10.4. The molecule has 0 unspecified atom stereocenters. The van der Waals surface area contributed by atoms with Crippen molar-refractivity contribution in [3.63, 3.8) is 0 Å². The molecule has 2 aromatic carbocycles. The number of ether oxygens (including phenoxy) is 1. The predicted octanol–water partition coefficient (Wildman–Crippen LogP) is 5.48. The van der Waals surface area contributed by atoms with E-state index in [9.17, 15) is 4.79 Å². The Morgan fingerprint density at radius 3 is 2.35 bits per heavy atom. The highest BCUT2D eigenvalue weighted by atomic mass is 32.2. The number of rotatable bonds is 4. The Morgan fingerprint density at radius 2 is 1.69 bits per heavy atom. The van der Waals surface area contributed by atoms with Crippen molar-refractivity contribution in [3.05, 3.63) is 78.0 Å². The van der Waals surface area contributed by atoms with Crippen LogP contribution in [0, 0.1) is 13.8 Å². The van der Waals surface area contributed by atoms with Crippen molar-refractivity contribution in [1.29, 1.82) is 0 Å². The van der Waals surface area contributed by atoms with E-state index in [0.29, 0.717) is 5.75 Å². The van der Waals surface area contributed by atoms with E-state index in [2.05, 4.69) is 24.0 Å². The molecule has 0 radical (unpaired) electrons. The Labute approximate surface area is 157 Å². The van der Waals surface area contributed by atoms with Crippen molar-refractivity contribution in [2.75, 3.05) is 11.9 Å². The van der Waals surface area contributed by atoms with Crippen LogP contribution in [0.3, 0.4) is 0 Å². The molecule has 0 atom stereocenters. The van der Waals surface area contributed by atoms with Gasteiger partial charge in [0.05, 0.1) is 0 Å². The van der Waals surface area contributed by atoms with Crippen LogP contribution in [-0.2, 0) is 0 Å². The van der Waals surface area contributed by atoms with E-state index in [-0.39, 0.29) is 0 Å². The number of nitrogens with zero attached hydrogens (tertiary/aromatic N) is 2. The van der Waals surface area contributed by atoms with Crippen molar-refractivity contribution in [2.45, 2.75) is 23.8 Å². The van der Waals surface area contributed by atoms with E-state index in [1.165, 1.54) is 10.5 Å². The molecule has 3 rings (SSSR count). The summed E-state index contributed by atoms with van der Waals surface area (Å²) in [6.45, 7) is 4.05. The molecule has 0 saturated carbocycles. The first-order valence-corrected chi connectivity index (χ1v) is 9.07. The lowest BCUT2D eigenvalue weighted by molar-refractivity contribution is 0.209. The number of pyridine rings is 1. The number of amides is 1. The quantitative estimate of drug-likeness (QED) is 0.614. The van der Waals surface area contributed by atoms with Gasteiger partial charge in [0, 0.05) is 23.3 Å². The number of aromatic nitrogens is 1. The molecular weight excluding hydrogens is 344 g/mol. The number of hydrogen-bond acceptors (Lipinski definition) is 4. The van der Waals surface area contributed by atoms with Gasteiger partial charge in [-0.3, -0.25) is 4.90 Å². The highest BCUT2D eigenvalue weighted by Crippen LogP contribution is 2.28. The second kappa shape index (κ2) is 8.06. The fraction of sp³-hybridized carbons (Fsp3) is 0.143. The first kappa shape index (κ1) is 18.0. The van der Waals surface area contributed by atoms with Crippen LogP contribution in [0.25, 0.3) is 0 Å². The molecule has 4 nitrogen and oxygen atoms in total. The number of hydrogen-bond donors (Lipinski definition) is 0. The maximum Gasteiger partial charge on any atom is 0.419 e. The molecule has 0 aliphatic heterocycles. The summed E-state index contributed by atoms with van der Waals surface area (Å²) in [5.74, 6) is 0.510. The third-order valence-electron chi connectivity index (χ3n) is 3.74. The summed E-state index contributed by atoms with van der Waals surface area (Å²) < 4.78 is 5.44. The van der Waals surface area contributed by atoms with Gasteiger partial charge in [0.2, 0.25) is 0 Å². The smallest absolute Gasteiger partial charge is 0.410 e. The van der Waals surface area contributed by atoms with Gasteiger partial charge in [-0.2, -0.15) is 0 Å². The molecule has 3 aromatic rings. The van der Waals surface area contributed by atoms with Gasteiger partial charge in [0.25, 0.3) is 0 Å². The molecule has 0 aliphatic carbocycles. The summed E-state index contributed by atoms with van der Waals surface area (Å²) in [4.78, 5) is 19.3. The largest absolute Gasteiger partial charge is 0.419 e. The zero-order chi connectivity index (χ0) is 18.5. The molecule has 0 fully saturated rings. The highest BCUT2D eigenvalue weighted by molar-refractivity contribution is 7.99. The van der Waals surface area contributed by atoms with Gasteiger partial charge < -0.3 is 4.74 Å². The van der Waals surface area contributed by atoms with Crippen molar-refractivity contribution >= 4 is 23.5 Å². The van der Waals surface area contributed by atoms with Crippen LogP contribution >= 0.6 is 11.8 Å². The second-order valence-corrected chi connectivity index (χ2v) is 7.05. The van der Waals surface area contributed by atoms with Crippen molar-refractivity contribution in [2.24, 2.45) is 0 Å². The minimum Gasteiger partial charge on any atom is -0.410 e. The van der Waals surface area contributed by atoms with Gasteiger partial charge in [0.1, 0.15) is 10.8 Å². The topological polar surface area (TPSA) is 42.4 Å². The fourth-order valence-corrected chi connectivity index (χ4v) is 3.43. The molecular formula is C21H20N2O2S. The monoisotopic (exact) mass is 364 g/mol. The lowest BCUT2D eigenvalue weighted by Crippen LogP contribution is -2.29. The van der Waals surface area contributed by atoms with E-state index < -0.39 is 6.09 Å². The lowest BCUT2D eigenvalue weighted by Gasteiger charge is -2.16. The predicted molar refractivity (Wildman–Crippen MR) is 105 cm³/mol. The zero-order valence-electron chi connectivity index (χ0n) is 15.0. The molecule has 0 bridgehead atoms. The SMILES string of the molecule is Cc1cc(C)nc(Sc2ccc(OC(=O)N(C)c3ccccc3)cc2)c1. The third-order valence-corrected chi connectivity index (χ3v) is 4.67. The Kier molecular flexibility index (Phi) is 5.58. The number of para-hydroxylation sites is 1. The summed E-state index contributed by atoms with van der Waals surface area (Å²) in [7, 11) is 1.69. The van der Waals surface area contributed by atoms with Crippen LogP contribution < -0.4 is 9.64 Å². The van der Waals surface area contributed by atoms with Gasteiger partial charge in [-0.05, 0) is 67.9 Å². The Bertz CT molecular complexity index is 875. The van der Waals surface area contributed by atoms with Crippen molar-refractivity contribution in [3.8, 4) is 5.75 Å². The standard InChI is InChI=1S/C21H20N2O2S/c1-15-13-16(2)22-20(14-15)26-19-11-9-18(10-12-19)25-21(24)23(3)17-7-5-4-6-8-17/h4-14H,1-3H3. The van der Waals surface area contributed by atoms with E-state index in [0.717, 1.165) is 21.3 Å². The molecule has 1 aromatic heterocycles. The average molecular weight is 364 g/mol. The maximum atomic E-state index is 12.3. The lowest BCUT2D eigenvalue weighted by atomic mass is 10.3. The second-order valence-electron chi connectivity index (χ2n) is 5.96. The molecule has 1 heterocycles. The number of aryl methyl sites for hydroxylation is 2. The molecule has 0 saturated heterocycles. The number of carbonyl (C=O) groups excluding carboxylic acids is 1. The first-order chi connectivity index (χ1) is 12.5. The average Bonchev–Trinajstić information content (AvgIpc) is 2.62. The van der Waals surface area contributed by atoms with Gasteiger partial charge in [-0.25, -0.2) is 9.78 Å². The number of benzene rings is 2. The Morgan fingerprint density at radius 1 is 1.00 bits per heavy atom. The molecule has 0 aliphatic rings. The molecule has 0 spiro atoms. The number of anilines is 1. The summed E-state index contributed by atoms with van der Waals surface area (Å²) in [5.41, 5.74) is 2.97. The van der Waals surface area contributed by atoms with E-state index in [1.807, 2.05) is 49.4 Å². The maximum absolute atomic E-state index is 12.3. The van der Waals surface area contributed by atoms with E-state index >= 15 is 0 Å². The van der Waals surface area contributed by atoms with Gasteiger partial charge >= 0.3 is 6.09 Å². The minimum atomic E-state index is -0.424.